The lowest BCUT2D eigenvalue weighted by molar-refractivity contribution is -0.114. The first-order valence-electron chi connectivity index (χ1n) is 8.76. The van der Waals surface area contributed by atoms with Crippen LogP contribution in [0.4, 0.5) is 17.1 Å². The average Bonchev–Trinajstić information content (AvgIpc) is 2.69. The Morgan fingerprint density at radius 2 is 1.74 bits per heavy atom. The molecule has 0 bridgehead atoms. The van der Waals surface area contributed by atoms with Gasteiger partial charge in [-0.3, -0.25) is 9.59 Å². The minimum absolute atomic E-state index is 0.189. The summed E-state index contributed by atoms with van der Waals surface area (Å²) in [6.07, 6.45) is 0. The minimum Gasteiger partial charge on any atom is -0.494 e. The van der Waals surface area contributed by atoms with Gasteiger partial charge in [-0.1, -0.05) is 0 Å². The topological polar surface area (TPSA) is 79.9 Å². The molecule has 1 heterocycles. The Hall–Kier alpha value is -3.06. The fourth-order valence-corrected chi connectivity index (χ4v) is 2.91. The molecule has 0 atom stereocenters. The summed E-state index contributed by atoms with van der Waals surface area (Å²) in [6, 6.07) is 12.6. The van der Waals surface area contributed by atoms with Crippen LogP contribution in [0.5, 0.6) is 5.75 Å². The molecule has 2 aromatic carbocycles. The molecule has 0 aliphatic carbocycles. The van der Waals surface area contributed by atoms with E-state index >= 15 is 0 Å². The molecule has 142 valence electrons. The van der Waals surface area contributed by atoms with Crippen molar-refractivity contribution in [3.63, 3.8) is 0 Å². The highest BCUT2D eigenvalue weighted by Crippen LogP contribution is 2.28. The van der Waals surface area contributed by atoms with Gasteiger partial charge in [0.2, 0.25) is 5.91 Å². The number of carbonyl (C=O) groups is 2. The highest BCUT2D eigenvalue weighted by atomic mass is 16.5. The molecule has 7 nitrogen and oxygen atoms in total. The number of ether oxygens (including phenoxy) is 2. The first-order valence-corrected chi connectivity index (χ1v) is 8.76. The molecule has 0 spiro atoms. The van der Waals surface area contributed by atoms with Crippen molar-refractivity contribution in [3.8, 4) is 5.75 Å². The van der Waals surface area contributed by atoms with Gasteiger partial charge in [0.05, 0.1) is 26.0 Å². The van der Waals surface area contributed by atoms with Crippen LogP contribution in [0.15, 0.2) is 42.5 Å². The third-order valence-corrected chi connectivity index (χ3v) is 4.28. The first kappa shape index (κ1) is 18.7. The number of methoxy groups -OCH3 is 1. The number of nitrogens with zero attached hydrogens (tertiary/aromatic N) is 1. The van der Waals surface area contributed by atoms with Crippen molar-refractivity contribution in [3.05, 3.63) is 48.0 Å². The zero-order chi connectivity index (χ0) is 19.2. The average molecular weight is 369 g/mol. The lowest BCUT2D eigenvalue weighted by atomic mass is 10.1. The van der Waals surface area contributed by atoms with E-state index in [9.17, 15) is 9.59 Å². The smallest absolute Gasteiger partial charge is 0.255 e. The van der Waals surface area contributed by atoms with Crippen molar-refractivity contribution < 1.29 is 19.1 Å². The number of anilines is 3. The van der Waals surface area contributed by atoms with Gasteiger partial charge in [-0.25, -0.2) is 0 Å². The molecular weight excluding hydrogens is 346 g/mol. The predicted molar refractivity (Wildman–Crippen MR) is 105 cm³/mol. The fraction of sp³-hybridized carbons (Fsp3) is 0.300. The second kappa shape index (κ2) is 8.55. The molecule has 1 aliphatic heterocycles. The first-order chi connectivity index (χ1) is 13.1. The molecule has 0 radical (unpaired) electrons. The summed E-state index contributed by atoms with van der Waals surface area (Å²) in [6.45, 7) is 4.57. The van der Waals surface area contributed by atoms with E-state index in [4.69, 9.17) is 9.47 Å². The monoisotopic (exact) mass is 369 g/mol. The van der Waals surface area contributed by atoms with Gasteiger partial charge in [0, 0.05) is 43.0 Å². The zero-order valence-electron chi connectivity index (χ0n) is 15.5. The van der Waals surface area contributed by atoms with Gasteiger partial charge in [-0.2, -0.15) is 0 Å². The number of benzene rings is 2. The van der Waals surface area contributed by atoms with E-state index in [1.807, 2.05) is 24.3 Å². The zero-order valence-corrected chi connectivity index (χ0v) is 15.5. The van der Waals surface area contributed by atoms with Crippen LogP contribution in [0, 0.1) is 0 Å². The number of carbonyl (C=O) groups excluding carboxylic acids is 2. The molecule has 2 amide bonds. The largest absolute Gasteiger partial charge is 0.494 e. The normalized spacial score (nSPS) is 13.8. The van der Waals surface area contributed by atoms with Crippen molar-refractivity contribution in [1.82, 2.24) is 0 Å². The SMILES string of the molecule is COc1cc(NC(=O)c2ccc(N3CCOCC3)cc2)ccc1NC(C)=O. The van der Waals surface area contributed by atoms with Crippen molar-refractivity contribution in [2.24, 2.45) is 0 Å². The maximum Gasteiger partial charge on any atom is 0.255 e. The Morgan fingerprint density at radius 1 is 1.04 bits per heavy atom. The predicted octanol–water partition coefficient (Wildman–Crippen LogP) is 2.74. The summed E-state index contributed by atoms with van der Waals surface area (Å²) in [5, 5.41) is 5.53. The summed E-state index contributed by atoms with van der Waals surface area (Å²) in [5.41, 5.74) is 2.79. The van der Waals surface area contributed by atoms with E-state index in [1.165, 1.54) is 14.0 Å². The highest BCUT2D eigenvalue weighted by molar-refractivity contribution is 6.04. The Labute approximate surface area is 158 Å². The second-order valence-electron chi connectivity index (χ2n) is 6.20. The molecule has 0 saturated carbocycles. The molecule has 1 aliphatic rings. The van der Waals surface area contributed by atoms with Crippen LogP contribution in [-0.4, -0.2) is 45.2 Å². The van der Waals surface area contributed by atoms with Crippen LogP contribution >= 0.6 is 0 Å². The molecule has 3 rings (SSSR count). The molecule has 1 fully saturated rings. The van der Waals surface area contributed by atoms with E-state index in [1.54, 1.807) is 18.2 Å². The number of morpholine rings is 1. The molecule has 7 heteroatoms. The van der Waals surface area contributed by atoms with Crippen LogP contribution in [0.3, 0.4) is 0 Å². The van der Waals surface area contributed by atoms with Gasteiger partial charge in [0.15, 0.2) is 0 Å². The van der Waals surface area contributed by atoms with Crippen LogP contribution in [0.1, 0.15) is 17.3 Å². The van der Waals surface area contributed by atoms with E-state index in [2.05, 4.69) is 15.5 Å². The van der Waals surface area contributed by atoms with E-state index in [0.29, 0.717) is 22.7 Å². The third-order valence-electron chi connectivity index (χ3n) is 4.28. The number of amides is 2. The maximum absolute atomic E-state index is 12.5. The summed E-state index contributed by atoms with van der Waals surface area (Å²) < 4.78 is 10.6. The van der Waals surface area contributed by atoms with E-state index in [-0.39, 0.29) is 11.8 Å². The Kier molecular flexibility index (Phi) is 5.93. The van der Waals surface area contributed by atoms with Crippen LogP contribution in [0.25, 0.3) is 0 Å². The van der Waals surface area contributed by atoms with Crippen molar-refractivity contribution in [2.45, 2.75) is 6.92 Å². The molecular formula is C20H23N3O4. The number of nitrogens with one attached hydrogen (secondary N) is 2. The van der Waals surface area contributed by atoms with E-state index in [0.717, 1.165) is 32.0 Å². The standard InChI is InChI=1S/C20H23N3O4/c1-14(24)21-18-8-5-16(13-19(18)26-2)22-20(25)15-3-6-17(7-4-15)23-9-11-27-12-10-23/h3-8,13H,9-12H2,1-2H3,(H,21,24)(H,22,25). The fourth-order valence-electron chi connectivity index (χ4n) is 2.91. The molecule has 1 saturated heterocycles. The van der Waals surface area contributed by atoms with E-state index < -0.39 is 0 Å². The van der Waals surface area contributed by atoms with Crippen molar-refractivity contribution >= 4 is 28.9 Å². The lowest BCUT2D eigenvalue weighted by Gasteiger charge is -2.28. The third kappa shape index (κ3) is 4.77. The van der Waals surface area contributed by atoms with Crippen LogP contribution in [0.2, 0.25) is 0 Å². The number of hydrogen-bond acceptors (Lipinski definition) is 5. The van der Waals surface area contributed by atoms with Gasteiger partial charge >= 0.3 is 0 Å². The highest BCUT2D eigenvalue weighted by Gasteiger charge is 2.13. The second-order valence-corrected chi connectivity index (χ2v) is 6.20. The minimum atomic E-state index is -0.210. The summed E-state index contributed by atoms with van der Waals surface area (Å²) in [4.78, 5) is 26.0. The van der Waals surface area contributed by atoms with Gasteiger partial charge in [-0.05, 0) is 36.4 Å². The van der Waals surface area contributed by atoms with Crippen LogP contribution in [-0.2, 0) is 9.53 Å². The van der Waals surface area contributed by atoms with Crippen molar-refractivity contribution in [2.75, 3.05) is 48.9 Å². The molecule has 0 unspecified atom stereocenters. The summed E-state index contributed by atoms with van der Waals surface area (Å²) in [5.74, 6) is 0.0777. The molecule has 0 aromatic heterocycles. The lowest BCUT2D eigenvalue weighted by Crippen LogP contribution is -2.36. The Balaban J connectivity index is 1.68. The summed E-state index contributed by atoms with van der Waals surface area (Å²) >= 11 is 0. The number of rotatable bonds is 5. The van der Waals surface area contributed by atoms with Gasteiger partial charge in [0.25, 0.3) is 5.91 Å². The molecule has 2 aromatic rings. The molecule has 27 heavy (non-hydrogen) atoms. The van der Waals surface area contributed by atoms with Gasteiger partial charge in [0.1, 0.15) is 5.75 Å². The number of hydrogen-bond donors (Lipinski definition) is 2. The Bertz CT molecular complexity index is 814. The van der Waals surface area contributed by atoms with Gasteiger partial charge < -0.3 is 25.0 Å². The van der Waals surface area contributed by atoms with Crippen molar-refractivity contribution in [1.29, 1.82) is 0 Å². The Morgan fingerprint density at radius 3 is 2.37 bits per heavy atom. The molecule has 2 N–H and O–H groups in total. The maximum atomic E-state index is 12.5. The quantitative estimate of drug-likeness (QED) is 0.847. The van der Waals surface area contributed by atoms with Crippen LogP contribution < -0.4 is 20.3 Å². The van der Waals surface area contributed by atoms with Gasteiger partial charge in [-0.15, -0.1) is 0 Å². The summed E-state index contributed by atoms with van der Waals surface area (Å²) in [7, 11) is 1.51.